The van der Waals surface area contributed by atoms with Crippen LogP contribution in [0.1, 0.15) is 6.42 Å². The Balaban J connectivity index is 4.24. The molecule has 4 heteroatoms. The Hall–Kier alpha value is -1.76. The quantitative estimate of drug-likeness (QED) is 0.471. The predicted octanol–water partition coefficient (Wildman–Crippen LogP) is 0.351. The van der Waals surface area contributed by atoms with Gasteiger partial charge in [0.25, 0.3) is 0 Å². The highest BCUT2D eigenvalue weighted by molar-refractivity contribution is 5.93. The number of hydrogen-bond donors (Lipinski definition) is 2. The number of rotatable bonds is 3. The first-order chi connectivity index (χ1) is 5.59. The SMILES string of the molecule is C=CC#CCC(C(=O)O)C(=O)O. The molecule has 0 aliphatic rings. The van der Waals surface area contributed by atoms with Gasteiger partial charge in [-0.1, -0.05) is 18.4 Å². The molecule has 0 saturated carbocycles. The minimum Gasteiger partial charge on any atom is -0.481 e. The molecular weight excluding hydrogens is 160 g/mol. The van der Waals surface area contributed by atoms with Gasteiger partial charge in [-0.2, -0.15) is 0 Å². The smallest absolute Gasteiger partial charge is 0.318 e. The molecule has 0 aliphatic carbocycles. The minimum atomic E-state index is -1.45. The average molecular weight is 168 g/mol. The van der Waals surface area contributed by atoms with Gasteiger partial charge in [0.05, 0.1) is 0 Å². The molecule has 0 aromatic heterocycles. The molecule has 0 unspecified atom stereocenters. The van der Waals surface area contributed by atoms with Crippen molar-refractivity contribution in [3.05, 3.63) is 12.7 Å². The van der Waals surface area contributed by atoms with Crippen molar-refractivity contribution in [3.63, 3.8) is 0 Å². The molecule has 12 heavy (non-hydrogen) atoms. The average Bonchev–Trinajstić information content (AvgIpc) is 1.96. The van der Waals surface area contributed by atoms with E-state index >= 15 is 0 Å². The summed E-state index contributed by atoms with van der Waals surface area (Å²) < 4.78 is 0. The molecule has 0 aromatic carbocycles. The van der Waals surface area contributed by atoms with Crippen LogP contribution in [0.2, 0.25) is 0 Å². The zero-order valence-corrected chi connectivity index (χ0v) is 6.28. The van der Waals surface area contributed by atoms with Gasteiger partial charge in [0.2, 0.25) is 0 Å². The van der Waals surface area contributed by atoms with E-state index in [0.29, 0.717) is 0 Å². The van der Waals surface area contributed by atoms with Crippen LogP contribution in [0.5, 0.6) is 0 Å². The van der Waals surface area contributed by atoms with Gasteiger partial charge < -0.3 is 10.2 Å². The lowest BCUT2D eigenvalue weighted by Gasteiger charge is -2.00. The van der Waals surface area contributed by atoms with E-state index in [0.717, 1.165) is 0 Å². The van der Waals surface area contributed by atoms with E-state index in [1.54, 1.807) is 0 Å². The topological polar surface area (TPSA) is 74.6 Å². The Bertz CT molecular complexity index is 242. The van der Waals surface area contributed by atoms with Crippen LogP contribution in [0.25, 0.3) is 0 Å². The highest BCUT2D eigenvalue weighted by Gasteiger charge is 2.24. The van der Waals surface area contributed by atoms with E-state index in [-0.39, 0.29) is 6.42 Å². The normalized spacial score (nSPS) is 8.42. The van der Waals surface area contributed by atoms with Crippen molar-refractivity contribution in [1.82, 2.24) is 0 Å². The zero-order valence-electron chi connectivity index (χ0n) is 6.28. The fraction of sp³-hybridized carbons (Fsp3) is 0.250. The van der Waals surface area contributed by atoms with Gasteiger partial charge in [0, 0.05) is 6.42 Å². The third kappa shape index (κ3) is 3.42. The highest BCUT2D eigenvalue weighted by atomic mass is 16.4. The number of carboxylic acids is 2. The van der Waals surface area contributed by atoms with Crippen LogP contribution in [-0.4, -0.2) is 22.2 Å². The predicted molar refractivity (Wildman–Crippen MR) is 41.4 cm³/mol. The summed E-state index contributed by atoms with van der Waals surface area (Å²) in [5, 5.41) is 16.7. The lowest BCUT2D eigenvalue weighted by atomic mass is 10.1. The van der Waals surface area contributed by atoms with Gasteiger partial charge >= 0.3 is 11.9 Å². The van der Waals surface area contributed by atoms with Crippen molar-refractivity contribution < 1.29 is 19.8 Å². The van der Waals surface area contributed by atoms with Crippen LogP contribution >= 0.6 is 0 Å². The number of hydrogen-bond acceptors (Lipinski definition) is 2. The molecule has 0 bridgehead atoms. The maximum atomic E-state index is 10.3. The van der Waals surface area contributed by atoms with E-state index in [9.17, 15) is 9.59 Å². The number of aliphatic carboxylic acids is 2. The Morgan fingerprint density at radius 3 is 2.25 bits per heavy atom. The third-order valence-corrected chi connectivity index (χ3v) is 1.11. The number of carbonyl (C=O) groups is 2. The third-order valence-electron chi connectivity index (χ3n) is 1.11. The van der Waals surface area contributed by atoms with E-state index in [1.807, 2.05) is 0 Å². The molecule has 2 N–H and O–H groups in total. The summed E-state index contributed by atoms with van der Waals surface area (Å²) in [5.74, 6) is 0.549. The standard InChI is InChI=1S/C8H8O4/c1-2-3-4-5-6(7(9)10)8(11)12/h2,6H,1,5H2,(H,9,10)(H,11,12). The lowest BCUT2D eigenvalue weighted by molar-refractivity contribution is -0.154. The summed E-state index contributed by atoms with van der Waals surface area (Å²) in [6, 6.07) is 0. The molecule has 0 heterocycles. The van der Waals surface area contributed by atoms with Gasteiger partial charge in [-0.3, -0.25) is 9.59 Å². The van der Waals surface area contributed by atoms with E-state index in [4.69, 9.17) is 10.2 Å². The molecule has 0 aliphatic heterocycles. The van der Waals surface area contributed by atoms with Crippen molar-refractivity contribution in [3.8, 4) is 11.8 Å². The molecule has 0 aromatic rings. The Morgan fingerprint density at radius 1 is 1.42 bits per heavy atom. The summed E-state index contributed by atoms with van der Waals surface area (Å²) in [5.41, 5.74) is 0. The molecule has 0 radical (unpaired) electrons. The number of allylic oxidation sites excluding steroid dienone is 1. The molecule has 0 amide bonds. The largest absolute Gasteiger partial charge is 0.481 e. The monoisotopic (exact) mass is 168 g/mol. The van der Waals surface area contributed by atoms with Crippen LogP contribution in [-0.2, 0) is 9.59 Å². The van der Waals surface area contributed by atoms with Gasteiger partial charge in [-0.15, -0.1) is 0 Å². The van der Waals surface area contributed by atoms with Crippen LogP contribution in [0, 0.1) is 17.8 Å². The summed E-state index contributed by atoms with van der Waals surface area (Å²) in [4.78, 5) is 20.5. The molecule has 4 nitrogen and oxygen atoms in total. The van der Waals surface area contributed by atoms with Crippen LogP contribution < -0.4 is 0 Å². The summed E-state index contributed by atoms with van der Waals surface area (Å²) >= 11 is 0. The summed E-state index contributed by atoms with van der Waals surface area (Å²) in [7, 11) is 0. The van der Waals surface area contributed by atoms with Crippen molar-refractivity contribution in [2.75, 3.05) is 0 Å². The Kier molecular flexibility index (Phi) is 4.24. The van der Waals surface area contributed by atoms with Gasteiger partial charge in [-0.25, -0.2) is 0 Å². The van der Waals surface area contributed by atoms with Crippen LogP contribution in [0.3, 0.4) is 0 Å². The molecule has 0 atom stereocenters. The Labute approximate surface area is 69.5 Å². The van der Waals surface area contributed by atoms with Gasteiger partial charge in [0.1, 0.15) is 0 Å². The maximum absolute atomic E-state index is 10.3. The zero-order chi connectivity index (χ0) is 9.56. The second-order valence-corrected chi connectivity index (χ2v) is 1.96. The molecular formula is C8H8O4. The van der Waals surface area contributed by atoms with E-state index in [2.05, 4.69) is 18.4 Å². The minimum absolute atomic E-state index is 0.198. The first-order valence-electron chi connectivity index (χ1n) is 3.14. The van der Waals surface area contributed by atoms with E-state index in [1.165, 1.54) is 6.08 Å². The maximum Gasteiger partial charge on any atom is 0.318 e. The molecule has 0 rings (SSSR count). The summed E-state index contributed by atoms with van der Waals surface area (Å²) in [6.45, 7) is 3.28. The second-order valence-electron chi connectivity index (χ2n) is 1.96. The van der Waals surface area contributed by atoms with Gasteiger partial charge in [0.15, 0.2) is 5.92 Å². The van der Waals surface area contributed by atoms with Crippen molar-refractivity contribution in [1.29, 1.82) is 0 Å². The fourth-order valence-corrected chi connectivity index (χ4v) is 0.513. The molecule has 64 valence electrons. The summed E-state index contributed by atoms with van der Waals surface area (Å²) in [6.07, 6.45) is 1.08. The lowest BCUT2D eigenvalue weighted by Crippen LogP contribution is -2.22. The van der Waals surface area contributed by atoms with Crippen LogP contribution in [0.4, 0.5) is 0 Å². The first kappa shape index (κ1) is 10.2. The van der Waals surface area contributed by atoms with Crippen LogP contribution in [0.15, 0.2) is 12.7 Å². The molecule has 0 spiro atoms. The first-order valence-corrected chi connectivity index (χ1v) is 3.14. The van der Waals surface area contributed by atoms with Crippen molar-refractivity contribution in [2.45, 2.75) is 6.42 Å². The fourth-order valence-electron chi connectivity index (χ4n) is 0.513. The van der Waals surface area contributed by atoms with Crippen molar-refractivity contribution in [2.24, 2.45) is 5.92 Å². The number of carboxylic acid groups (broad SMARTS) is 2. The Morgan fingerprint density at radius 2 is 1.92 bits per heavy atom. The van der Waals surface area contributed by atoms with Gasteiger partial charge in [-0.05, 0) is 6.08 Å². The highest BCUT2D eigenvalue weighted by Crippen LogP contribution is 2.01. The van der Waals surface area contributed by atoms with Crippen molar-refractivity contribution >= 4 is 11.9 Å². The molecule has 0 saturated heterocycles. The van der Waals surface area contributed by atoms with E-state index < -0.39 is 17.9 Å². The second kappa shape index (κ2) is 4.97. The molecule has 0 fully saturated rings.